The molecular formula is C14H25N3S2. The van der Waals surface area contributed by atoms with Gasteiger partial charge in [0.15, 0.2) is 0 Å². The number of piperidine rings is 1. The number of aromatic nitrogens is 2. The Morgan fingerprint density at radius 3 is 3.00 bits per heavy atom. The molecule has 2 heterocycles. The molecule has 19 heavy (non-hydrogen) atoms. The van der Waals surface area contributed by atoms with Crippen molar-refractivity contribution < 1.29 is 0 Å². The Hall–Kier alpha value is -0.130. The summed E-state index contributed by atoms with van der Waals surface area (Å²) in [4.78, 5) is 2.42. The van der Waals surface area contributed by atoms with Crippen LogP contribution < -0.4 is 0 Å². The van der Waals surface area contributed by atoms with Gasteiger partial charge in [0.25, 0.3) is 0 Å². The molecule has 1 saturated heterocycles. The Balaban J connectivity index is 1.83. The fourth-order valence-electron chi connectivity index (χ4n) is 2.62. The van der Waals surface area contributed by atoms with Crippen LogP contribution in [0.2, 0.25) is 0 Å². The van der Waals surface area contributed by atoms with Crippen LogP contribution in [-0.2, 0) is 0 Å². The van der Waals surface area contributed by atoms with Crippen LogP contribution in [0.5, 0.6) is 0 Å². The summed E-state index contributed by atoms with van der Waals surface area (Å²) in [6.07, 6.45) is 7.89. The van der Waals surface area contributed by atoms with Crippen molar-refractivity contribution >= 4 is 23.5 Å². The molecule has 0 spiro atoms. The summed E-state index contributed by atoms with van der Waals surface area (Å²) in [6.45, 7) is 4.64. The molecule has 0 bridgehead atoms. The molecule has 1 aliphatic heterocycles. The van der Waals surface area contributed by atoms with Gasteiger partial charge in [-0.15, -0.1) is 11.8 Å². The lowest BCUT2D eigenvalue weighted by Crippen LogP contribution is -2.31. The third-order valence-electron chi connectivity index (χ3n) is 3.73. The SMILES string of the molecule is CCCCCCSc1nsnc1C1CCCN(C)C1. The van der Waals surface area contributed by atoms with Gasteiger partial charge in [0, 0.05) is 12.5 Å². The van der Waals surface area contributed by atoms with Crippen molar-refractivity contribution in [3.8, 4) is 0 Å². The van der Waals surface area contributed by atoms with Crippen molar-refractivity contribution in [2.75, 3.05) is 25.9 Å². The number of nitrogens with zero attached hydrogens (tertiary/aromatic N) is 3. The van der Waals surface area contributed by atoms with E-state index in [1.165, 1.54) is 73.3 Å². The van der Waals surface area contributed by atoms with E-state index < -0.39 is 0 Å². The highest BCUT2D eigenvalue weighted by Gasteiger charge is 2.24. The van der Waals surface area contributed by atoms with E-state index in [-0.39, 0.29) is 0 Å². The number of hydrogen-bond donors (Lipinski definition) is 0. The quantitative estimate of drug-likeness (QED) is 0.562. The number of likely N-dealkylation sites (N-methyl/N-ethyl adjacent to an activating group) is 1. The Morgan fingerprint density at radius 1 is 1.32 bits per heavy atom. The topological polar surface area (TPSA) is 29.0 Å². The molecule has 2 rings (SSSR count). The zero-order valence-corrected chi connectivity index (χ0v) is 13.7. The van der Waals surface area contributed by atoms with E-state index in [0.717, 1.165) is 6.54 Å². The van der Waals surface area contributed by atoms with Gasteiger partial charge in [-0.25, -0.2) is 0 Å². The van der Waals surface area contributed by atoms with Gasteiger partial charge in [-0.2, -0.15) is 8.75 Å². The van der Waals surface area contributed by atoms with Gasteiger partial charge in [0.1, 0.15) is 5.03 Å². The predicted octanol–water partition coefficient (Wildman–Crippen LogP) is 4.02. The first-order valence-electron chi connectivity index (χ1n) is 7.45. The summed E-state index contributed by atoms with van der Waals surface area (Å²) in [7, 11) is 2.21. The smallest absolute Gasteiger partial charge is 0.134 e. The van der Waals surface area contributed by atoms with Crippen molar-refractivity contribution in [1.82, 2.24) is 13.6 Å². The van der Waals surface area contributed by atoms with Gasteiger partial charge < -0.3 is 4.90 Å². The van der Waals surface area contributed by atoms with Crippen LogP contribution in [-0.4, -0.2) is 39.5 Å². The van der Waals surface area contributed by atoms with Crippen LogP contribution in [0.3, 0.4) is 0 Å². The summed E-state index contributed by atoms with van der Waals surface area (Å²) in [6, 6.07) is 0. The Kier molecular flexibility index (Phi) is 6.61. The van der Waals surface area contributed by atoms with Crippen LogP contribution in [0, 0.1) is 0 Å². The standard InChI is InChI=1S/C14H25N3S2/c1-3-4-5-6-10-18-14-13(15-19-16-14)12-8-7-9-17(2)11-12/h12H,3-11H2,1-2H3. The maximum Gasteiger partial charge on any atom is 0.134 e. The molecule has 1 fully saturated rings. The second-order valence-corrected chi connectivity index (χ2v) is 7.08. The van der Waals surface area contributed by atoms with Crippen molar-refractivity contribution in [1.29, 1.82) is 0 Å². The first-order chi connectivity index (χ1) is 9.31. The molecular weight excluding hydrogens is 274 g/mol. The van der Waals surface area contributed by atoms with Gasteiger partial charge in [-0.1, -0.05) is 26.2 Å². The van der Waals surface area contributed by atoms with E-state index in [9.17, 15) is 0 Å². The molecule has 0 aromatic carbocycles. The lowest BCUT2D eigenvalue weighted by molar-refractivity contribution is 0.247. The van der Waals surface area contributed by atoms with Crippen LogP contribution >= 0.6 is 23.5 Å². The molecule has 1 unspecified atom stereocenters. The fourth-order valence-corrected chi connectivity index (χ4v) is 4.43. The van der Waals surface area contributed by atoms with E-state index in [1.807, 2.05) is 11.8 Å². The second-order valence-electron chi connectivity index (χ2n) is 5.47. The number of likely N-dealkylation sites (tertiary alicyclic amines) is 1. The maximum atomic E-state index is 4.57. The average molecular weight is 300 g/mol. The first kappa shape index (κ1) is 15.3. The minimum Gasteiger partial charge on any atom is -0.306 e. The average Bonchev–Trinajstić information content (AvgIpc) is 2.87. The molecule has 1 atom stereocenters. The number of unbranched alkanes of at least 4 members (excludes halogenated alkanes) is 3. The van der Waals surface area contributed by atoms with Crippen LogP contribution in [0.15, 0.2) is 5.03 Å². The lowest BCUT2D eigenvalue weighted by atomic mass is 9.96. The minimum absolute atomic E-state index is 0.607. The number of thioether (sulfide) groups is 1. The van der Waals surface area contributed by atoms with E-state index in [1.54, 1.807) is 0 Å². The van der Waals surface area contributed by atoms with E-state index in [0.29, 0.717) is 5.92 Å². The Morgan fingerprint density at radius 2 is 2.21 bits per heavy atom. The van der Waals surface area contributed by atoms with Gasteiger partial charge >= 0.3 is 0 Å². The van der Waals surface area contributed by atoms with Gasteiger partial charge in [0.2, 0.25) is 0 Å². The summed E-state index contributed by atoms with van der Waals surface area (Å²) in [5.74, 6) is 1.80. The van der Waals surface area contributed by atoms with Crippen molar-refractivity contribution in [3.63, 3.8) is 0 Å². The second kappa shape index (κ2) is 8.22. The third-order valence-corrected chi connectivity index (χ3v) is 5.45. The summed E-state index contributed by atoms with van der Waals surface area (Å²) < 4.78 is 9.08. The highest BCUT2D eigenvalue weighted by Crippen LogP contribution is 2.32. The van der Waals surface area contributed by atoms with Crippen LogP contribution in [0.1, 0.15) is 57.1 Å². The normalized spacial score (nSPS) is 20.8. The molecule has 0 aliphatic carbocycles. The van der Waals surface area contributed by atoms with E-state index in [4.69, 9.17) is 0 Å². The number of rotatable bonds is 7. The molecule has 0 radical (unpaired) electrons. The molecule has 3 nitrogen and oxygen atoms in total. The monoisotopic (exact) mass is 299 g/mol. The molecule has 0 amide bonds. The van der Waals surface area contributed by atoms with Crippen molar-refractivity contribution in [2.24, 2.45) is 0 Å². The third kappa shape index (κ3) is 4.72. The van der Waals surface area contributed by atoms with Crippen molar-refractivity contribution in [3.05, 3.63) is 5.69 Å². The first-order valence-corrected chi connectivity index (χ1v) is 9.16. The highest BCUT2D eigenvalue weighted by molar-refractivity contribution is 7.99. The number of hydrogen-bond acceptors (Lipinski definition) is 5. The fraction of sp³-hybridized carbons (Fsp3) is 0.857. The molecule has 0 N–H and O–H groups in total. The molecule has 5 heteroatoms. The summed E-state index contributed by atoms with van der Waals surface area (Å²) in [5, 5.41) is 1.21. The highest BCUT2D eigenvalue weighted by atomic mass is 32.2. The molecule has 108 valence electrons. The van der Waals surface area contributed by atoms with Crippen LogP contribution in [0.4, 0.5) is 0 Å². The van der Waals surface area contributed by atoms with Gasteiger partial charge in [-0.05, 0) is 38.6 Å². The van der Waals surface area contributed by atoms with E-state index in [2.05, 4.69) is 27.6 Å². The molecule has 1 aromatic heterocycles. The van der Waals surface area contributed by atoms with Gasteiger partial charge in [-0.3, -0.25) is 0 Å². The minimum atomic E-state index is 0.607. The lowest BCUT2D eigenvalue weighted by Gasteiger charge is -2.28. The predicted molar refractivity (Wildman–Crippen MR) is 84.2 cm³/mol. The van der Waals surface area contributed by atoms with Crippen LogP contribution in [0.25, 0.3) is 0 Å². The van der Waals surface area contributed by atoms with Gasteiger partial charge in [0.05, 0.1) is 17.4 Å². The zero-order chi connectivity index (χ0) is 13.5. The Labute approximate surface area is 125 Å². The molecule has 1 aliphatic rings. The maximum absolute atomic E-state index is 4.57. The largest absolute Gasteiger partial charge is 0.306 e. The van der Waals surface area contributed by atoms with Crippen molar-refractivity contribution in [2.45, 2.75) is 56.4 Å². The Bertz CT molecular complexity index is 367. The van der Waals surface area contributed by atoms with E-state index >= 15 is 0 Å². The molecule has 1 aromatic rings. The summed E-state index contributed by atoms with van der Waals surface area (Å²) >= 11 is 3.31. The molecule has 0 saturated carbocycles. The summed E-state index contributed by atoms with van der Waals surface area (Å²) in [5.41, 5.74) is 1.28. The zero-order valence-electron chi connectivity index (χ0n) is 12.1.